The molecule has 4 aliphatic rings. The van der Waals surface area contributed by atoms with E-state index in [2.05, 4.69) is 149 Å². The fourth-order valence-electron chi connectivity index (χ4n) is 11.0. The number of guanidine groups is 2. The van der Waals surface area contributed by atoms with Crippen molar-refractivity contribution in [3.63, 3.8) is 0 Å². The Hall–Kier alpha value is -8.27. The molecule has 566 valence electrons. The first-order valence-corrected chi connectivity index (χ1v) is 35.4. The zero-order chi connectivity index (χ0) is 78.5. The summed E-state index contributed by atoms with van der Waals surface area (Å²) in [4.78, 5) is 58.3. The average molecular weight is 1670 g/mol. The molecule has 0 bridgehead atoms. The van der Waals surface area contributed by atoms with Gasteiger partial charge in [-0.2, -0.15) is 30.7 Å². The first-order valence-electron chi connectivity index (χ1n) is 31.6. The molecule has 6 aromatic carbocycles. The molecule has 3 fully saturated rings. The predicted molar refractivity (Wildman–Crippen MR) is 403 cm³/mol. The number of ether oxygens (including phenoxy) is 2. The lowest BCUT2D eigenvalue weighted by atomic mass is 9.58. The molecule has 0 radical (unpaired) electrons. The molecule has 18 nitrogen and oxygen atoms in total. The van der Waals surface area contributed by atoms with Crippen LogP contribution in [0.4, 0.5) is 30.7 Å². The van der Waals surface area contributed by atoms with Crippen LogP contribution < -0.4 is 26.7 Å². The number of aliphatic imine (C=N–C) groups is 2. The van der Waals surface area contributed by atoms with Crippen molar-refractivity contribution in [3.8, 4) is 23.8 Å². The van der Waals surface area contributed by atoms with Gasteiger partial charge in [0.05, 0.1) is 5.41 Å². The summed E-state index contributed by atoms with van der Waals surface area (Å²) < 4.78 is 121. The van der Waals surface area contributed by atoms with Gasteiger partial charge in [0.25, 0.3) is 5.91 Å². The molecule has 2 amide bonds. The van der Waals surface area contributed by atoms with Gasteiger partial charge in [-0.3, -0.25) is 29.1 Å². The van der Waals surface area contributed by atoms with E-state index < -0.39 is 39.8 Å². The first kappa shape index (κ1) is 91.8. The number of amides is 2. The van der Waals surface area contributed by atoms with E-state index in [1.165, 1.54) is 89.5 Å². The highest BCUT2D eigenvalue weighted by atomic mass is 79.9. The number of nitrogens with two attached hydrogens (primary N) is 3. The average Bonchev–Trinajstić information content (AvgIpc) is 1.32. The molecule has 0 saturated heterocycles. The second-order valence-electron chi connectivity index (χ2n) is 26.0. The van der Waals surface area contributed by atoms with Gasteiger partial charge < -0.3 is 41.6 Å². The number of rotatable bonds is 11. The van der Waals surface area contributed by atoms with Crippen LogP contribution in [0.1, 0.15) is 131 Å². The van der Waals surface area contributed by atoms with Crippen molar-refractivity contribution in [3.05, 3.63) is 205 Å². The fourth-order valence-corrected chi connectivity index (χ4v) is 12.3. The number of likely N-dealkylation sites (N-methyl/N-ethyl adjacent to an activating group) is 1. The van der Waals surface area contributed by atoms with E-state index in [1.54, 1.807) is 30.8 Å². The molecule has 1 heterocycles. The lowest BCUT2D eigenvalue weighted by Gasteiger charge is -2.43. The highest BCUT2D eigenvalue weighted by Crippen LogP contribution is 2.52. The molecule has 3 aliphatic carbocycles. The minimum atomic E-state index is -6.09. The molecule has 0 aromatic heterocycles. The second kappa shape index (κ2) is 39.7. The predicted octanol–water partition coefficient (Wildman–Crippen LogP) is 14.8. The number of carbonyl (C=O) groups is 4. The molecule has 10 rings (SSSR count). The van der Waals surface area contributed by atoms with E-state index in [-0.39, 0.29) is 63.7 Å². The molecular formula is C75H90Br3F7N8O10S. The van der Waals surface area contributed by atoms with Crippen LogP contribution in [0, 0.1) is 34.5 Å². The van der Waals surface area contributed by atoms with Crippen molar-refractivity contribution < 1.29 is 82.4 Å². The number of benzene rings is 6. The van der Waals surface area contributed by atoms with Gasteiger partial charge in [0, 0.05) is 101 Å². The summed E-state index contributed by atoms with van der Waals surface area (Å²) in [7, 11) is 4.81. The van der Waals surface area contributed by atoms with Crippen LogP contribution in [0.25, 0.3) is 6.08 Å². The van der Waals surface area contributed by atoms with Crippen LogP contribution in [-0.4, -0.2) is 135 Å². The van der Waals surface area contributed by atoms with Crippen LogP contribution >= 0.6 is 47.8 Å². The maximum atomic E-state index is 13.4. The summed E-state index contributed by atoms with van der Waals surface area (Å²) in [6.07, 6.45) is 9.22. The van der Waals surface area contributed by atoms with Gasteiger partial charge in [-0.1, -0.05) is 181 Å². The van der Waals surface area contributed by atoms with Crippen LogP contribution in [0.5, 0.6) is 11.5 Å². The monoisotopic (exact) mass is 1660 g/mol. The number of hydrogen-bond donors (Lipinski definition) is 3. The highest BCUT2D eigenvalue weighted by molar-refractivity contribution is 9.11. The number of Topliss-reactive ketones (excluding diaryl/α,β-unsaturated/α-hetero) is 2. The number of alkyl halides is 7. The Bertz CT molecular complexity index is 4150. The van der Waals surface area contributed by atoms with Crippen molar-refractivity contribution in [2.45, 2.75) is 117 Å². The maximum Gasteiger partial charge on any atom is 0.485 e. The lowest BCUT2D eigenvalue weighted by Crippen LogP contribution is -2.47. The molecule has 4 unspecified atom stereocenters. The zero-order valence-electron chi connectivity index (χ0n) is 60.1. The van der Waals surface area contributed by atoms with E-state index in [0.717, 1.165) is 20.1 Å². The maximum absolute atomic E-state index is 13.4. The van der Waals surface area contributed by atoms with Gasteiger partial charge in [-0.05, 0) is 120 Å². The molecule has 3 saturated carbocycles. The van der Waals surface area contributed by atoms with Crippen LogP contribution in [0.2, 0.25) is 0 Å². The Balaban J connectivity index is 0.000000433. The number of terminal acetylenes is 1. The van der Waals surface area contributed by atoms with Crippen LogP contribution in [0.15, 0.2) is 176 Å². The van der Waals surface area contributed by atoms with Crippen molar-refractivity contribution in [1.82, 2.24) is 9.80 Å². The quantitative estimate of drug-likeness (QED) is 0.0208. The topological polar surface area (TPSA) is 288 Å². The van der Waals surface area contributed by atoms with Crippen LogP contribution in [0.3, 0.4) is 0 Å². The van der Waals surface area contributed by atoms with Crippen molar-refractivity contribution >= 4 is 105 Å². The van der Waals surface area contributed by atoms with E-state index in [0.29, 0.717) is 52.6 Å². The largest absolute Gasteiger partial charge is 0.741 e. The van der Waals surface area contributed by atoms with Gasteiger partial charge in [0.1, 0.15) is 37.2 Å². The smallest absolute Gasteiger partial charge is 0.485 e. The molecule has 1 aliphatic heterocycles. The minimum Gasteiger partial charge on any atom is -0.741 e. The number of carbonyl (C=O) groups excluding carboxylic acids is 4. The Labute approximate surface area is 629 Å². The summed E-state index contributed by atoms with van der Waals surface area (Å²) >= 11 is 10.4. The number of ketones is 2. The number of halogens is 10. The molecule has 4 atom stereocenters. The Morgan fingerprint density at radius 2 is 1.10 bits per heavy atom. The van der Waals surface area contributed by atoms with Crippen molar-refractivity contribution in [2.75, 3.05) is 42.3 Å². The molecule has 0 spiro atoms. The number of hydrogen-bond acceptors (Lipinski definition) is 12. The Kier molecular flexibility index (Phi) is 35.1. The fraction of sp³-hybridized carbons (Fsp3) is 0.373. The molecule has 104 heavy (non-hydrogen) atoms. The lowest BCUT2D eigenvalue weighted by molar-refractivity contribution is -0.473. The van der Waals surface area contributed by atoms with Crippen LogP contribution in [-0.2, 0) is 34.8 Å². The summed E-state index contributed by atoms with van der Waals surface area (Å²) in [5.41, 5.74) is 16.3. The van der Waals surface area contributed by atoms with Crippen molar-refractivity contribution in [1.29, 1.82) is 0 Å². The minimum absolute atomic E-state index is 0. The third-order valence-corrected chi connectivity index (χ3v) is 19.3. The van der Waals surface area contributed by atoms with Gasteiger partial charge in [-0.15, -0.1) is 6.42 Å². The van der Waals surface area contributed by atoms with Gasteiger partial charge in [-0.25, -0.2) is 18.0 Å². The normalized spacial score (nSPS) is 18.2. The van der Waals surface area contributed by atoms with E-state index in [4.69, 9.17) is 36.6 Å². The van der Waals surface area contributed by atoms with E-state index >= 15 is 0 Å². The first-order chi connectivity index (χ1) is 47.6. The van der Waals surface area contributed by atoms with Gasteiger partial charge in [0.2, 0.25) is 5.91 Å². The number of nitrogens with zero attached hydrogens (tertiary/aromatic N) is 5. The van der Waals surface area contributed by atoms with Crippen molar-refractivity contribution in [2.24, 2.45) is 49.3 Å². The molecule has 8 N–H and O–H groups in total. The molecule has 29 heteroatoms. The zero-order valence-corrected chi connectivity index (χ0v) is 65.7. The molecule has 6 aromatic rings. The van der Waals surface area contributed by atoms with Gasteiger partial charge >= 0.3 is 18.7 Å². The standard InChI is InChI=1S/C23H23F2N3O3.C14H19BrN.C12H13BrO.C9H6F2O.C8H7Br.C6H13NO.C2H7N3.CHF3O3S.H2O/c1-22(2)17(12-18(22)29)13-5-4-6-15(11-13)23(19(30)28(3)21(26)27-23)14-7-9-16(10-8-14)31-20(24)25;1-14(2)12(9-13(14)16(3)4)10-6-5-7-11(15)8-10;1-12(2)10(7-11(12)14)8-4-3-5-9(13)6-8;1-2-7-3-5-8(6-4-7)12-9(10)11;1-2-7-4-3-5-8(9)6-7;1-5(2)6(8)7(3)4;1-5-2(3)4;2-1(3,4)8(5,6)7;/h4-11,17,20H,12H2,1-3H3,(H2,26,27);5-8,12H,9H2,1-4H3;3-6,10H,7H2,1-2H3;1,3-6,9H;2-6H,1H2;5H,1-4H3;1H3,(H4,3,4,5);(H,5,6,7);1H2/q;+1;;;;;;;/p-1. The Morgan fingerprint density at radius 3 is 1.38 bits per heavy atom. The van der Waals surface area contributed by atoms with E-state index in [1.807, 2.05) is 102 Å². The molecular weight excluding hydrogens is 1580 g/mol. The third kappa shape index (κ3) is 25.5. The summed E-state index contributed by atoms with van der Waals surface area (Å²) in [6, 6.07) is 44.1. The van der Waals surface area contributed by atoms with E-state index in [9.17, 15) is 49.9 Å². The van der Waals surface area contributed by atoms with Gasteiger partial charge in [0.15, 0.2) is 33.3 Å². The SMILES string of the molecule is C#Cc1ccc(OC(F)F)cc1.C=Cc1cccc(Br)c1.CC(C)C(=O)N(C)C.CC1(C)C(=O)CC1c1cccc(Br)c1.CN1C(=O)C(c2ccc(OC(F)F)cc2)(c2cccc(C3CC(=O)C3(C)C)c2)N=C1N.CN=C(N)N.C[N+](C)=C1CC(c2cccc(Br)c2)C1(C)C.O.O=S(=O)([O-])C(F)(F)F. The summed E-state index contributed by atoms with van der Waals surface area (Å²) in [5, 5.41) is 0. The highest BCUT2D eigenvalue weighted by Gasteiger charge is 2.53. The summed E-state index contributed by atoms with van der Waals surface area (Å²) in [5.74, 6) is 4.27. The third-order valence-electron chi connectivity index (χ3n) is 17.3. The summed E-state index contributed by atoms with van der Waals surface area (Å²) in [6.45, 7) is 14.3. The second-order valence-corrected chi connectivity index (χ2v) is 30.2. The Morgan fingerprint density at radius 1 is 0.712 bits per heavy atom.